The van der Waals surface area contributed by atoms with Gasteiger partial charge in [0.1, 0.15) is 0 Å². The standard InChI is InChI=1S/C13H9NO2/c15-12-8-6-11(7-9-12)14-13(16)10-4-2-1-3-5-10/h1-9H. The highest BCUT2D eigenvalue weighted by Gasteiger charge is 2.05. The van der Waals surface area contributed by atoms with Crippen molar-refractivity contribution in [2.75, 3.05) is 0 Å². The van der Waals surface area contributed by atoms with Crippen molar-refractivity contribution in [1.82, 2.24) is 0 Å². The van der Waals surface area contributed by atoms with Crippen LogP contribution in [0, 0.1) is 0 Å². The van der Waals surface area contributed by atoms with Gasteiger partial charge in [0.15, 0.2) is 5.78 Å². The van der Waals surface area contributed by atoms with E-state index in [1.165, 1.54) is 24.3 Å². The molecule has 1 aliphatic carbocycles. The number of hydrogen-bond donors (Lipinski definition) is 0. The van der Waals surface area contributed by atoms with Gasteiger partial charge in [0.05, 0.1) is 5.71 Å². The van der Waals surface area contributed by atoms with E-state index >= 15 is 0 Å². The topological polar surface area (TPSA) is 46.5 Å². The van der Waals surface area contributed by atoms with E-state index in [4.69, 9.17) is 0 Å². The van der Waals surface area contributed by atoms with Crippen LogP contribution >= 0.6 is 0 Å². The maximum atomic E-state index is 11.7. The number of rotatable bonds is 1. The van der Waals surface area contributed by atoms with E-state index in [1.54, 1.807) is 24.3 Å². The van der Waals surface area contributed by atoms with Crippen molar-refractivity contribution < 1.29 is 9.59 Å². The second kappa shape index (κ2) is 4.49. The lowest BCUT2D eigenvalue weighted by Crippen LogP contribution is -2.03. The Balaban J connectivity index is 2.20. The number of ketones is 1. The lowest BCUT2D eigenvalue weighted by Gasteiger charge is -1.98. The molecule has 78 valence electrons. The van der Waals surface area contributed by atoms with Crippen LogP contribution < -0.4 is 0 Å². The molecule has 3 heteroatoms. The Kier molecular flexibility index (Phi) is 2.87. The molecule has 0 radical (unpaired) electrons. The smallest absolute Gasteiger partial charge is 0.277 e. The molecule has 0 N–H and O–H groups in total. The maximum Gasteiger partial charge on any atom is 0.277 e. The summed E-state index contributed by atoms with van der Waals surface area (Å²) in [6, 6.07) is 8.80. The van der Waals surface area contributed by atoms with Gasteiger partial charge in [-0.25, -0.2) is 4.99 Å². The summed E-state index contributed by atoms with van der Waals surface area (Å²) in [5, 5.41) is 0. The molecule has 0 spiro atoms. The third-order valence-electron chi connectivity index (χ3n) is 2.09. The fraction of sp³-hybridized carbons (Fsp3) is 0. The molecule has 0 aliphatic heterocycles. The van der Waals surface area contributed by atoms with Crippen LogP contribution in [0.2, 0.25) is 0 Å². The molecule has 0 aromatic heterocycles. The van der Waals surface area contributed by atoms with Gasteiger partial charge in [-0.2, -0.15) is 0 Å². The number of hydrogen-bond acceptors (Lipinski definition) is 2. The van der Waals surface area contributed by atoms with Gasteiger partial charge in [0, 0.05) is 5.56 Å². The molecule has 0 saturated carbocycles. The zero-order valence-electron chi connectivity index (χ0n) is 8.46. The first kappa shape index (κ1) is 10.2. The summed E-state index contributed by atoms with van der Waals surface area (Å²) in [7, 11) is 0. The van der Waals surface area contributed by atoms with Crippen LogP contribution in [-0.4, -0.2) is 17.4 Å². The van der Waals surface area contributed by atoms with Crippen LogP contribution in [0.4, 0.5) is 0 Å². The number of amides is 1. The fourth-order valence-electron chi connectivity index (χ4n) is 1.28. The molecule has 1 aromatic carbocycles. The zero-order valence-corrected chi connectivity index (χ0v) is 8.46. The predicted molar refractivity (Wildman–Crippen MR) is 61.5 cm³/mol. The maximum absolute atomic E-state index is 11.7. The van der Waals surface area contributed by atoms with Crippen LogP contribution in [0.5, 0.6) is 0 Å². The molecule has 3 nitrogen and oxygen atoms in total. The van der Waals surface area contributed by atoms with Gasteiger partial charge in [-0.15, -0.1) is 0 Å². The number of benzene rings is 1. The molecule has 1 amide bonds. The summed E-state index contributed by atoms with van der Waals surface area (Å²) in [5.41, 5.74) is 1.03. The van der Waals surface area contributed by atoms with Crippen molar-refractivity contribution in [2.24, 2.45) is 4.99 Å². The van der Waals surface area contributed by atoms with E-state index < -0.39 is 0 Å². The third kappa shape index (κ3) is 2.39. The minimum atomic E-state index is -0.306. The van der Waals surface area contributed by atoms with Gasteiger partial charge in [0.2, 0.25) is 0 Å². The highest BCUT2D eigenvalue weighted by molar-refractivity contribution is 6.20. The van der Waals surface area contributed by atoms with Crippen LogP contribution in [-0.2, 0) is 4.79 Å². The number of carbonyl (C=O) groups is 2. The molecule has 1 aliphatic rings. The molecule has 0 fully saturated rings. The Bertz CT molecular complexity index is 492. The van der Waals surface area contributed by atoms with Crippen molar-refractivity contribution in [3.8, 4) is 0 Å². The molecule has 1 aromatic rings. The third-order valence-corrected chi connectivity index (χ3v) is 2.09. The Morgan fingerprint density at radius 2 is 1.56 bits per heavy atom. The average Bonchev–Trinajstić information content (AvgIpc) is 2.33. The van der Waals surface area contributed by atoms with Gasteiger partial charge in [-0.05, 0) is 36.4 Å². The Morgan fingerprint density at radius 1 is 0.938 bits per heavy atom. The van der Waals surface area contributed by atoms with Crippen molar-refractivity contribution >= 4 is 17.4 Å². The Hall–Kier alpha value is -2.29. The second-order valence-electron chi connectivity index (χ2n) is 3.28. The van der Waals surface area contributed by atoms with Crippen LogP contribution in [0.1, 0.15) is 10.4 Å². The largest absolute Gasteiger partial charge is 0.290 e. The van der Waals surface area contributed by atoms with Crippen molar-refractivity contribution in [3.05, 3.63) is 60.2 Å². The zero-order chi connectivity index (χ0) is 11.4. The van der Waals surface area contributed by atoms with Crippen LogP contribution in [0.15, 0.2) is 59.6 Å². The summed E-state index contributed by atoms with van der Waals surface area (Å²) in [6.07, 6.45) is 5.83. The quantitative estimate of drug-likeness (QED) is 0.666. The summed E-state index contributed by atoms with van der Waals surface area (Å²) in [6.45, 7) is 0. The number of allylic oxidation sites excluding steroid dienone is 4. The normalized spacial score (nSPS) is 14.0. The molecule has 2 rings (SSSR count). The van der Waals surface area contributed by atoms with Crippen molar-refractivity contribution in [3.63, 3.8) is 0 Å². The van der Waals surface area contributed by atoms with Crippen LogP contribution in [0.3, 0.4) is 0 Å². The van der Waals surface area contributed by atoms with Gasteiger partial charge in [-0.1, -0.05) is 18.2 Å². The Labute approximate surface area is 92.8 Å². The lowest BCUT2D eigenvalue weighted by molar-refractivity contribution is -0.110. The van der Waals surface area contributed by atoms with E-state index in [9.17, 15) is 9.59 Å². The molecule has 16 heavy (non-hydrogen) atoms. The summed E-state index contributed by atoms with van der Waals surface area (Å²) in [4.78, 5) is 26.4. The lowest BCUT2D eigenvalue weighted by atomic mass is 10.1. The predicted octanol–water partition coefficient (Wildman–Crippen LogP) is 1.96. The molecular weight excluding hydrogens is 202 g/mol. The first-order valence-corrected chi connectivity index (χ1v) is 4.84. The van der Waals surface area contributed by atoms with Crippen molar-refractivity contribution in [2.45, 2.75) is 0 Å². The molecular formula is C13H9NO2. The highest BCUT2D eigenvalue weighted by Crippen LogP contribution is 2.03. The second-order valence-corrected chi connectivity index (χ2v) is 3.28. The van der Waals surface area contributed by atoms with Crippen molar-refractivity contribution in [1.29, 1.82) is 0 Å². The minimum Gasteiger partial charge on any atom is -0.290 e. The van der Waals surface area contributed by atoms with E-state index in [1.807, 2.05) is 6.07 Å². The van der Waals surface area contributed by atoms with Gasteiger partial charge in [0.25, 0.3) is 5.91 Å². The molecule has 0 atom stereocenters. The fourth-order valence-corrected chi connectivity index (χ4v) is 1.28. The van der Waals surface area contributed by atoms with Gasteiger partial charge in [-0.3, -0.25) is 9.59 Å². The van der Waals surface area contributed by atoms with Gasteiger partial charge >= 0.3 is 0 Å². The monoisotopic (exact) mass is 211 g/mol. The SMILES string of the molecule is O=C1C=CC(=NC(=O)c2ccccc2)C=C1. The average molecular weight is 211 g/mol. The minimum absolute atomic E-state index is 0.0916. The Morgan fingerprint density at radius 3 is 2.19 bits per heavy atom. The van der Waals surface area contributed by atoms with Gasteiger partial charge < -0.3 is 0 Å². The number of aliphatic imine (C=N–C) groups is 1. The molecule has 0 unspecified atom stereocenters. The van der Waals surface area contributed by atoms with E-state index in [0.29, 0.717) is 11.3 Å². The van der Waals surface area contributed by atoms with E-state index in [-0.39, 0.29) is 11.7 Å². The molecule has 0 bridgehead atoms. The first-order chi connectivity index (χ1) is 7.75. The summed E-state index contributed by atoms with van der Waals surface area (Å²) >= 11 is 0. The number of carbonyl (C=O) groups excluding carboxylic acids is 2. The number of nitrogens with zero attached hydrogens (tertiary/aromatic N) is 1. The summed E-state index contributed by atoms with van der Waals surface area (Å²) in [5.74, 6) is -0.398. The van der Waals surface area contributed by atoms with Crippen LogP contribution in [0.25, 0.3) is 0 Å². The first-order valence-electron chi connectivity index (χ1n) is 4.84. The molecule has 0 saturated heterocycles. The van der Waals surface area contributed by atoms with E-state index in [0.717, 1.165) is 0 Å². The highest BCUT2D eigenvalue weighted by atomic mass is 16.1. The van der Waals surface area contributed by atoms with E-state index in [2.05, 4.69) is 4.99 Å². The summed E-state index contributed by atoms with van der Waals surface area (Å²) < 4.78 is 0. The molecule has 0 heterocycles.